The van der Waals surface area contributed by atoms with Crippen LogP contribution >= 0.6 is 12.2 Å². The first-order valence-corrected chi connectivity index (χ1v) is 12.3. The number of nitrogens with zero attached hydrogens (tertiary/aromatic N) is 3. The van der Waals surface area contributed by atoms with Crippen LogP contribution in [-0.4, -0.2) is 61.4 Å². The minimum absolute atomic E-state index is 0.00802. The van der Waals surface area contributed by atoms with Gasteiger partial charge in [0.15, 0.2) is 5.11 Å². The van der Waals surface area contributed by atoms with Crippen LogP contribution in [0.3, 0.4) is 0 Å². The summed E-state index contributed by atoms with van der Waals surface area (Å²) >= 11 is 5.52. The fourth-order valence-corrected chi connectivity index (χ4v) is 5.02. The molecular weight excluding hydrogens is 448 g/mol. The molecule has 176 valence electrons. The lowest BCUT2D eigenvalue weighted by Gasteiger charge is -2.26. The van der Waals surface area contributed by atoms with E-state index < -0.39 is 9.84 Å². The van der Waals surface area contributed by atoms with Gasteiger partial charge in [-0.05, 0) is 43.8 Å². The van der Waals surface area contributed by atoms with Crippen LogP contribution in [0.15, 0.2) is 48.3 Å². The molecule has 0 amide bonds. The molecule has 0 spiro atoms. The topological polar surface area (TPSA) is 85.7 Å². The molecule has 8 nitrogen and oxygen atoms in total. The fourth-order valence-electron chi connectivity index (χ4n) is 3.14. The maximum absolute atomic E-state index is 13.3. The molecule has 10 heteroatoms. The number of imidazole rings is 1. The molecule has 0 aliphatic heterocycles. The first kappa shape index (κ1) is 25.8. The van der Waals surface area contributed by atoms with Gasteiger partial charge in [-0.15, -0.1) is 6.58 Å². The Balaban J connectivity index is 2.37. The lowest BCUT2D eigenvalue weighted by Crippen LogP contribution is -2.42. The van der Waals surface area contributed by atoms with E-state index in [1.807, 2.05) is 18.7 Å². The Bertz CT molecular complexity index is 1020. The molecule has 0 aliphatic carbocycles. The summed E-state index contributed by atoms with van der Waals surface area (Å²) in [6, 6.07) is 7.18. The second-order valence-electron chi connectivity index (χ2n) is 7.56. The quantitative estimate of drug-likeness (QED) is 0.367. The molecule has 1 heterocycles. The number of rotatable bonds is 12. The summed E-state index contributed by atoms with van der Waals surface area (Å²) in [7, 11) is -0.590. The molecule has 32 heavy (non-hydrogen) atoms. The van der Waals surface area contributed by atoms with Gasteiger partial charge in [0.25, 0.3) is 0 Å². The standard InChI is InChI=1S/C22H32N4O4S2/c1-6-10-25(21(31)24-17(2)3)15-19-14-23-22(26(19)11-12-29-4)32(27,28)16-18-8-7-9-20(13-18)30-5/h6-9,13-14,17H,1,10-12,15-16H2,2-5H3,(H,24,31). The molecule has 0 bridgehead atoms. The van der Waals surface area contributed by atoms with Crippen molar-refractivity contribution in [3.05, 3.63) is 54.4 Å². The van der Waals surface area contributed by atoms with E-state index in [0.717, 1.165) is 5.69 Å². The molecule has 0 saturated carbocycles. The van der Waals surface area contributed by atoms with Gasteiger partial charge in [0.05, 0.1) is 37.9 Å². The zero-order chi connectivity index (χ0) is 23.7. The van der Waals surface area contributed by atoms with Crippen LogP contribution in [0, 0.1) is 0 Å². The lowest BCUT2D eigenvalue weighted by molar-refractivity contribution is 0.183. The number of nitrogens with one attached hydrogen (secondary N) is 1. The Morgan fingerprint density at radius 2 is 2.12 bits per heavy atom. The van der Waals surface area contributed by atoms with Crippen LogP contribution < -0.4 is 10.1 Å². The third-order valence-electron chi connectivity index (χ3n) is 4.59. The minimum Gasteiger partial charge on any atom is -0.497 e. The summed E-state index contributed by atoms with van der Waals surface area (Å²) < 4.78 is 38.6. The van der Waals surface area contributed by atoms with Gasteiger partial charge in [0.2, 0.25) is 15.0 Å². The highest BCUT2D eigenvalue weighted by Crippen LogP contribution is 2.21. The highest BCUT2D eigenvalue weighted by molar-refractivity contribution is 7.90. The van der Waals surface area contributed by atoms with Crippen LogP contribution in [0.2, 0.25) is 0 Å². The van der Waals surface area contributed by atoms with E-state index in [2.05, 4.69) is 16.9 Å². The van der Waals surface area contributed by atoms with E-state index in [1.165, 1.54) is 0 Å². The maximum atomic E-state index is 13.3. The Kier molecular flexibility index (Phi) is 9.67. The highest BCUT2D eigenvalue weighted by Gasteiger charge is 2.25. The number of methoxy groups -OCH3 is 2. The molecule has 1 aromatic heterocycles. The summed E-state index contributed by atoms with van der Waals surface area (Å²) in [6.07, 6.45) is 3.34. The minimum atomic E-state index is -3.71. The number of sulfone groups is 1. The molecule has 0 atom stereocenters. The Morgan fingerprint density at radius 3 is 2.75 bits per heavy atom. The first-order valence-electron chi connectivity index (χ1n) is 10.3. The third kappa shape index (κ3) is 7.04. The van der Waals surface area contributed by atoms with E-state index in [-0.39, 0.29) is 17.0 Å². The number of hydrogen-bond donors (Lipinski definition) is 1. The fraction of sp³-hybridized carbons (Fsp3) is 0.455. The zero-order valence-electron chi connectivity index (χ0n) is 19.1. The Morgan fingerprint density at radius 1 is 1.38 bits per heavy atom. The molecular formula is C22H32N4O4S2. The zero-order valence-corrected chi connectivity index (χ0v) is 20.7. The molecule has 2 aromatic rings. The summed E-state index contributed by atoms with van der Waals surface area (Å²) in [4.78, 5) is 6.20. The molecule has 1 aromatic carbocycles. The van der Waals surface area contributed by atoms with E-state index >= 15 is 0 Å². The van der Waals surface area contributed by atoms with Gasteiger partial charge in [-0.25, -0.2) is 13.4 Å². The van der Waals surface area contributed by atoms with Crippen molar-refractivity contribution >= 4 is 27.2 Å². The molecule has 0 radical (unpaired) electrons. The van der Waals surface area contributed by atoms with E-state index in [0.29, 0.717) is 42.7 Å². The SMILES string of the molecule is C=CCN(Cc1cnc(S(=O)(=O)Cc2cccc(OC)c2)n1CCOC)C(=S)NC(C)C. The predicted molar refractivity (Wildman–Crippen MR) is 129 cm³/mol. The largest absolute Gasteiger partial charge is 0.497 e. The molecule has 0 saturated heterocycles. The number of ether oxygens (including phenoxy) is 2. The summed E-state index contributed by atoms with van der Waals surface area (Å²) in [5.74, 6) is 0.421. The summed E-state index contributed by atoms with van der Waals surface area (Å²) in [6.45, 7) is 9.41. The van der Waals surface area contributed by atoms with Crippen molar-refractivity contribution < 1.29 is 17.9 Å². The van der Waals surface area contributed by atoms with E-state index in [9.17, 15) is 8.42 Å². The van der Waals surface area contributed by atoms with Crippen LogP contribution in [-0.2, 0) is 33.4 Å². The summed E-state index contributed by atoms with van der Waals surface area (Å²) in [5, 5.41) is 3.79. The third-order valence-corrected chi connectivity index (χ3v) is 6.56. The van der Waals surface area contributed by atoms with E-state index in [1.54, 1.807) is 55.3 Å². The van der Waals surface area contributed by atoms with Crippen LogP contribution in [0.25, 0.3) is 0 Å². The lowest BCUT2D eigenvalue weighted by atomic mass is 10.2. The molecule has 1 N–H and O–H groups in total. The smallest absolute Gasteiger partial charge is 0.228 e. The van der Waals surface area contributed by atoms with Crippen molar-refractivity contribution in [2.75, 3.05) is 27.4 Å². The van der Waals surface area contributed by atoms with Gasteiger partial charge < -0.3 is 24.3 Å². The van der Waals surface area contributed by atoms with Gasteiger partial charge >= 0.3 is 0 Å². The molecule has 0 unspecified atom stereocenters. The number of benzene rings is 1. The normalized spacial score (nSPS) is 11.4. The second kappa shape index (κ2) is 12.0. The monoisotopic (exact) mass is 480 g/mol. The van der Waals surface area contributed by atoms with Crippen LogP contribution in [0.1, 0.15) is 25.1 Å². The van der Waals surface area contributed by atoms with Gasteiger partial charge in [0.1, 0.15) is 5.75 Å². The van der Waals surface area contributed by atoms with E-state index in [4.69, 9.17) is 21.7 Å². The average molecular weight is 481 g/mol. The van der Waals surface area contributed by atoms with Crippen molar-refractivity contribution in [2.24, 2.45) is 0 Å². The van der Waals surface area contributed by atoms with Gasteiger partial charge in [-0.2, -0.15) is 0 Å². The maximum Gasteiger partial charge on any atom is 0.228 e. The predicted octanol–water partition coefficient (Wildman–Crippen LogP) is 2.78. The Hall–Kier alpha value is -2.43. The van der Waals surface area contributed by atoms with Gasteiger partial charge in [0, 0.05) is 26.2 Å². The summed E-state index contributed by atoms with van der Waals surface area (Å²) in [5.41, 5.74) is 1.35. The van der Waals surface area contributed by atoms with Crippen LogP contribution in [0.4, 0.5) is 0 Å². The van der Waals surface area contributed by atoms with Crippen molar-refractivity contribution in [1.82, 2.24) is 19.8 Å². The number of thiocarbonyl (C=S) groups is 1. The first-order chi connectivity index (χ1) is 15.2. The second-order valence-corrected chi connectivity index (χ2v) is 9.83. The number of aromatic nitrogens is 2. The van der Waals surface area contributed by atoms with Gasteiger partial charge in [-0.1, -0.05) is 18.2 Å². The van der Waals surface area contributed by atoms with Crippen molar-refractivity contribution in [1.29, 1.82) is 0 Å². The molecule has 0 aliphatic rings. The molecule has 2 rings (SSSR count). The van der Waals surface area contributed by atoms with Crippen LogP contribution in [0.5, 0.6) is 5.75 Å². The van der Waals surface area contributed by atoms with Gasteiger partial charge in [-0.3, -0.25) is 0 Å². The highest BCUT2D eigenvalue weighted by atomic mass is 32.2. The number of hydrogen-bond acceptors (Lipinski definition) is 6. The van der Waals surface area contributed by atoms with Crippen molar-refractivity contribution in [3.63, 3.8) is 0 Å². The van der Waals surface area contributed by atoms with Crippen molar-refractivity contribution in [2.45, 2.75) is 43.9 Å². The average Bonchev–Trinajstić information content (AvgIpc) is 3.14. The van der Waals surface area contributed by atoms with Crippen molar-refractivity contribution in [3.8, 4) is 5.75 Å². The molecule has 0 fully saturated rings. The Labute approximate surface area is 196 Å².